The van der Waals surface area contributed by atoms with Crippen LogP contribution in [0.1, 0.15) is 33.4 Å². The van der Waals surface area contributed by atoms with Crippen molar-refractivity contribution in [3.63, 3.8) is 0 Å². The van der Waals surface area contributed by atoms with Gasteiger partial charge >= 0.3 is 0 Å². The molecule has 1 amide bonds. The summed E-state index contributed by atoms with van der Waals surface area (Å²) in [6.07, 6.45) is -0.0927. The predicted molar refractivity (Wildman–Crippen MR) is 98.2 cm³/mol. The molecule has 0 fully saturated rings. The molecule has 1 aromatic heterocycles. The lowest BCUT2D eigenvalue weighted by Gasteiger charge is -2.24. The molecule has 27 heavy (non-hydrogen) atoms. The maximum atomic E-state index is 12.6. The van der Waals surface area contributed by atoms with Gasteiger partial charge in [-0.1, -0.05) is 53.7 Å². The molecule has 7 heteroatoms. The van der Waals surface area contributed by atoms with Crippen LogP contribution in [0.15, 0.2) is 54.6 Å². The van der Waals surface area contributed by atoms with Crippen LogP contribution in [0.25, 0.3) is 0 Å². The number of benzene rings is 2. The fourth-order valence-electron chi connectivity index (χ4n) is 3.17. The molecular formula is C20H20N4O3. The van der Waals surface area contributed by atoms with Crippen LogP contribution < -0.4 is 10.1 Å². The van der Waals surface area contributed by atoms with Crippen LogP contribution in [0.4, 0.5) is 0 Å². The SMILES string of the molecule is COc1ccccc1CNC(=O)c1nnn2c1COC(c1ccccc1)C2. The third kappa shape index (κ3) is 3.54. The Morgan fingerprint density at radius 2 is 2.00 bits per heavy atom. The van der Waals surface area contributed by atoms with E-state index in [2.05, 4.69) is 15.6 Å². The zero-order valence-corrected chi connectivity index (χ0v) is 15.0. The molecule has 4 rings (SSSR count). The maximum Gasteiger partial charge on any atom is 0.274 e. The quantitative estimate of drug-likeness (QED) is 0.753. The fraction of sp³-hybridized carbons (Fsp3) is 0.250. The Balaban J connectivity index is 1.45. The van der Waals surface area contributed by atoms with Gasteiger partial charge in [0.1, 0.15) is 11.9 Å². The molecule has 0 aliphatic carbocycles. The Bertz CT molecular complexity index is 939. The van der Waals surface area contributed by atoms with E-state index >= 15 is 0 Å². The summed E-state index contributed by atoms with van der Waals surface area (Å²) in [5.41, 5.74) is 2.98. The van der Waals surface area contributed by atoms with E-state index in [9.17, 15) is 4.79 Å². The zero-order valence-electron chi connectivity index (χ0n) is 15.0. The summed E-state index contributed by atoms with van der Waals surface area (Å²) >= 11 is 0. The number of methoxy groups -OCH3 is 1. The summed E-state index contributed by atoms with van der Waals surface area (Å²) < 4.78 is 13.0. The summed E-state index contributed by atoms with van der Waals surface area (Å²) in [7, 11) is 1.61. The number of fused-ring (bicyclic) bond motifs is 1. The van der Waals surface area contributed by atoms with Crippen LogP contribution in [0, 0.1) is 0 Å². The average molecular weight is 364 g/mol. The summed E-state index contributed by atoms with van der Waals surface area (Å²) in [5, 5.41) is 11.1. The molecule has 1 unspecified atom stereocenters. The molecular weight excluding hydrogens is 344 g/mol. The number of rotatable bonds is 5. The smallest absolute Gasteiger partial charge is 0.274 e. The van der Waals surface area contributed by atoms with Crippen molar-refractivity contribution in [2.24, 2.45) is 0 Å². The number of carbonyl (C=O) groups is 1. The molecule has 0 saturated carbocycles. The van der Waals surface area contributed by atoms with Gasteiger partial charge in [0, 0.05) is 12.1 Å². The molecule has 2 heterocycles. The second kappa shape index (κ2) is 7.59. The third-order valence-corrected chi connectivity index (χ3v) is 4.62. The van der Waals surface area contributed by atoms with Crippen LogP contribution in [0.3, 0.4) is 0 Å². The van der Waals surface area contributed by atoms with Crippen molar-refractivity contribution in [2.45, 2.75) is 25.8 Å². The van der Waals surface area contributed by atoms with E-state index in [0.29, 0.717) is 31.1 Å². The van der Waals surface area contributed by atoms with Gasteiger partial charge in [-0.05, 0) is 11.6 Å². The van der Waals surface area contributed by atoms with Gasteiger partial charge in [0.25, 0.3) is 5.91 Å². The van der Waals surface area contributed by atoms with Crippen molar-refractivity contribution in [1.82, 2.24) is 20.3 Å². The summed E-state index contributed by atoms with van der Waals surface area (Å²) in [5.74, 6) is 0.459. The first-order chi connectivity index (χ1) is 13.3. The molecule has 1 atom stereocenters. The van der Waals surface area contributed by atoms with E-state index in [0.717, 1.165) is 16.9 Å². The first kappa shape index (κ1) is 17.2. The van der Waals surface area contributed by atoms with Gasteiger partial charge in [0.2, 0.25) is 0 Å². The first-order valence-electron chi connectivity index (χ1n) is 8.75. The summed E-state index contributed by atoms with van der Waals surface area (Å²) in [6, 6.07) is 17.5. The van der Waals surface area contributed by atoms with Crippen molar-refractivity contribution in [2.75, 3.05) is 7.11 Å². The van der Waals surface area contributed by atoms with Crippen LogP contribution in [0.5, 0.6) is 5.75 Å². The third-order valence-electron chi connectivity index (χ3n) is 4.62. The van der Waals surface area contributed by atoms with E-state index in [1.165, 1.54) is 0 Å². The Morgan fingerprint density at radius 1 is 1.22 bits per heavy atom. The molecule has 1 aliphatic rings. The number of hydrogen-bond acceptors (Lipinski definition) is 5. The Kier molecular flexibility index (Phi) is 4.84. The molecule has 1 aliphatic heterocycles. The van der Waals surface area contributed by atoms with Gasteiger partial charge < -0.3 is 14.8 Å². The van der Waals surface area contributed by atoms with Gasteiger partial charge in [-0.2, -0.15) is 0 Å². The van der Waals surface area contributed by atoms with Crippen molar-refractivity contribution in [3.8, 4) is 5.75 Å². The molecule has 0 bridgehead atoms. The minimum atomic E-state index is -0.274. The molecule has 138 valence electrons. The van der Waals surface area contributed by atoms with Crippen molar-refractivity contribution < 1.29 is 14.3 Å². The lowest BCUT2D eigenvalue weighted by molar-refractivity contribution is -0.00177. The summed E-state index contributed by atoms with van der Waals surface area (Å²) in [4.78, 5) is 12.6. The van der Waals surface area contributed by atoms with Crippen LogP contribution in [-0.4, -0.2) is 28.0 Å². The predicted octanol–water partition coefficient (Wildman–Crippen LogP) is 2.49. The van der Waals surface area contributed by atoms with Gasteiger partial charge in [-0.25, -0.2) is 4.68 Å². The lowest BCUT2D eigenvalue weighted by Crippen LogP contribution is -2.27. The molecule has 2 aromatic carbocycles. The average Bonchev–Trinajstić information content (AvgIpc) is 3.16. The minimum absolute atomic E-state index is 0.0927. The lowest BCUT2D eigenvalue weighted by atomic mass is 10.1. The molecule has 7 nitrogen and oxygen atoms in total. The Hall–Kier alpha value is -3.19. The normalized spacial score (nSPS) is 15.8. The molecule has 0 radical (unpaired) electrons. The minimum Gasteiger partial charge on any atom is -0.496 e. The van der Waals surface area contributed by atoms with E-state index in [1.54, 1.807) is 11.8 Å². The van der Waals surface area contributed by atoms with E-state index in [-0.39, 0.29) is 12.0 Å². The number of hydrogen-bond donors (Lipinski definition) is 1. The van der Waals surface area contributed by atoms with Crippen molar-refractivity contribution in [3.05, 3.63) is 77.1 Å². The second-order valence-corrected chi connectivity index (χ2v) is 6.27. The molecule has 1 N–H and O–H groups in total. The van der Waals surface area contributed by atoms with Crippen LogP contribution in [0.2, 0.25) is 0 Å². The Labute approximate surface area is 156 Å². The molecule has 0 spiro atoms. The van der Waals surface area contributed by atoms with Gasteiger partial charge in [0.05, 0.1) is 26.0 Å². The topological polar surface area (TPSA) is 78.3 Å². The fourth-order valence-corrected chi connectivity index (χ4v) is 3.17. The van der Waals surface area contributed by atoms with Crippen molar-refractivity contribution >= 4 is 5.91 Å². The van der Waals surface area contributed by atoms with Crippen molar-refractivity contribution in [1.29, 1.82) is 0 Å². The highest BCUT2D eigenvalue weighted by Crippen LogP contribution is 2.26. The van der Waals surface area contributed by atoms with Gasteiger partial charge in [0.15, 0.2) is 5.69 Å². The number of ether oxygens (including phenoxy) is 2. The van der Waals surface area contributed by atoms with Crippen LogP contribution >= 0.6 is 0 Å². The van der Waals surface area contributed by atoms with E-state index in [1.807, 2.05) is 54.6 Å². The van der Waals surface area contributed by atoms with Gasteiger partial charge in [-0.15, -0.1) is 5.10 Å². The second-order valence-electron chi connectivity index (χ2n) is 6.27. The number of nitrogens with one attached hydrogen (secondary N) is 1. The summed E-state index contributed by atoms with van der Waals surface area (Å²) in [6.45, 7) is 1.18. The number of para-hydroxylation sites is 1. The van der Waals surface area contributed by atoms with Crippen LogP contribution in [-0.2, 0) is 24.4 Å². The largest absolute Gasteiger partial charge is 0.496 e. The number of aromatic nitrogens is 3. The highest BCUT2D eigenvalue weighted by molar-refractivity contribution is 5.93. The highest BCUT2D eigenvalue weighted by atomic mass is 16.5. The number of amides is 1. The number of nitrogens with zero attached hydrogens (tertiary/aromatic N) is 3. The number of carbonyl (C=O) groups excluding carboxylic acids is 1. The maximum absolute atomic E-state index is 12.6. The molecule has 0 saturated heterocycles. The first-order valence-corrected chi connectivity index (χ1v) is 8.75. The molecule has 3 aromatic rings. The Morgan fingerprint density at radius 3 is 2.81 bits per heavy atom. The zero-order chi connectivity index (χ0) is 18.6. The highest BCUT2D eigenvalue weighted by Gasteiger charge is 2.27. The standard InChI is InChI=1S/C20H20N4O3/c1-26-17-10-6-5-9-15(17)11-21-20(25)19-16-13-27-18(12-24(16)23-22-19)14-7-3-2-4-8-14/h2-10,18H,11-13H2,1H3,(H,21,25). The van der Waals surface area contributed by atoms with Gasteiger partial charge in [-0.3, -0.25) is 4.79 Å². The monoisotopic (exact) mass is 364 g/mol. The van der Waals surface area contributed by atoms with E-state index in [4.69, 9.17) is 9.47 Å². The van der Waals surface area contributed by atoms with E-state index < -0.39 is 0 Å².